The molecule has 0 bridgehead atoms. The molecule has 0 atom stereocenters. The van der Waals surface area contributed by atoms with Crippen LogP contribution in [0.4, 0.5) is 13.2 Å². The molecule has 0 saturated carbocycles. The summed E-state index contributed by atoms with van der Waals surface area (Å²) >= 11 is 0. The lowest BCUT2D eigenvalue weighted by molar-refractivity contribution is -0.137. The Kier molecular flexibility index (Phi) is 8.90. The Labute approximate surface area is 185 Å². The number of primary sulfonamides is 1. The molecule has 0 aliphatic heterocycles. The van der Waals surface area contributed by atoms with E-state index in [9.17, 15) is 21.6 Å². The van der Waals surface area contributed by atoms with E-state index >= 15 is 0 Å². The van der Waals surface area contributed by atoms with Crippen LogP contribution in [-0.2, 0) is 29.3 Å². The second-order valence-electron chi connectivity index (χ2n) is 6.14. The summed E-state index contributed by atoms with van der Waals surface area (Å²) in [5.74, 6) is 0.501. The summed E-state index contributed by atoms with van der Waals surface area (Å²) in [5, 5.41) is 8.21. The van der Waals surface area contributed by atoms with Crippen LogP contribution in [0.5, 0.6) is 0 Å². The molecular formula is C18H22F3IN4O2S. The van der Waals surface area contributed by atoms with E-state index in [0.29, 0.717) is 30.2 Å². The maximum Gasteiger partial charge on any atom is 0.416 e. The van der Waals surface area contributed by atoms with E-state index in [0.717, 1.165) is 12.1 Å². The topological polar surface area (TPSA) is 87.8 Å². The van der Waals surface area contributed by atoms with Gasteiger partial charge in [0.05, 0.1) is 10.5 Å². The normalized spacial score (nSPS) is 12.3. The summed E-state index contributed by atoms with van der Waals surface area (Å²) in [7, 11) is -0.470. The van der Waals surface area contributed by atoms with E-state index in [4.69, 9.17) is 5.14 Å². The first-order chi connectivity index (χ1) is 13.0. The molecule has 0 radical (unpaired) electrons. The number of sulfonamides is 1. The molecule has 6 nitrogen and oxygen atoms in total. The third-order valence-electron chi connectivity index (χ3n) is 3.95. The van der Waals surface area contributed by atoms with Gasteiger partial charge in [0.15, 0.2) is 5.96 Å². The van der Waals surface area contributed by atoms with Crippen molar-refractivity contribution in [2.75, 3.05) is 14.1 Å². The minimum atomic E-state index is -4.37. The van der Waals surface area contributed by atoms with Gasteiger partial charge in [-0.2, -0.15) is 13.2 Å². The first-order valence-electron chi connectivity index (χ1n) is 8.20. The molecule has 0 aliphatic carbocycles. The molecule has 0 aromatic heterocycles. The smallest absolute Gasteiger partial charge is 0.352 e. The molecule has 29 heavy (non-hydrogen) atoms. The molecule has 0 heterocycles. The lowest BCUT2D eigenvalue weighted by Gasteiger charge is -2.22. The van der Waals surface area contributed by atoms with Gasteiger partial charge in [-0.3, -0.25) is 4.99 Å². The fourth-order valence-electron chi connectivity index (χ4n) is 2.55. The van der Waals surface area contributed by atoms with Gasteiger partial charge >= 0.3 is 6.18 Å². The number of hydrogen-bond donors (Lipinski definition) is 2. The lowest BCUT2D eigenvalue weighted by atomic mass is 10.1. The number of benzene rings is 2. The van der Waals surface area contributed by atoms with Gasteiger partial charge in [0.25, 0.3) is 0 Å². The van der Waals surface area contributed by atoms with Crippen molar-refractivity contribution in [3.05, 3.63) is 65.2 Å². The second-order valence-corrected chi connectivity index (χ2v) is 7.71. The largest absolute Gasteiger partial charge is 0.416 e. The highest BCUT2D eigenvalue weighted by Gasteiger charge is 2.29. The van der Waals surface area contributed by atoms with Gasteiger partial charge in [-0.15, -0.1) is 24.0 Å². The van der Waals surface area contributed by atoms with E-state index in [2.05, 4.69) is 10.3 Å². The molecular weight excluding hydrogens is 520 g/mol. The lowest BCUT2D eigenvalue weighted by Crippen LogP contribution is -2.38. The minimum Gasteiger partial charge on any atom is -0.352 e. The predicted molar refractivity (Wildman–Crippen MR) is 116 cm³/mol. The molecule has 0 spiro atoms. The monoisotopic (exact) mass is 542 g/mol. The maximum absolute atomic E-state index is 12.6. The molecule has 2 aromatic rings. The van der Waals surface area contributed by atoms with Crippen LogP contribution in [0, 0.1) is 0 Å². The number of nitrogens with two attached hydrogens (primary N) is 1. The summed E-state index contributed by atoms with van der Waals surface area (Å²) < 4.78 is 60.8. The summed E-state index contributed by atoms with van der Waals surface area (Å²) in [5.41, 5.74) is 0.682. The predicted octanol–water partition coefficient (Wildman–Crippen LogP) is 3.18. The standard InChI is InChI=1S/C18H21F3N4O2S.HI/c1-23-17(24-11-14-4-3-5-16(10-14)28(22,26)27)25(2)12-13-6-8-15(9-7-13)18(19,20)21;/h3-10H,11-12H2,1-2H3,(H,23,24)(H2,22,26,27);1H. The summed E-state index contributed by atoms with van der Waals surface area (Å²) in [4.78, 5) is 5.89. The van der Waals surface area contributed by atoms with Crippen molar-refractivity contribution in [1.29, 1.82) is 0 Å². The Balaban J connectivity index is 0.00000420. The van der Waals surface area contributed by atoms with Gasteiger partial charge in [0, 0.05) is 27.2 Å². The molecule has 2 rings (SSSR count). The van der Waals surface area contributed by atoms with Crippen molar-refractivity contribution in [3.8, 4) is 0 Å². The number of alkyl halides is 3. The average molecular weight is 542 g/mol. The molecule has 11 heteroatoms. The van der Waals surface area contributed by atoms with Gasteiger partial charge in [0.2, 0.25) is 10.0 Å². The molecule has 0 unspecified atom stereocenters. The van der Waals surface area contributed by atoms with E-state index in [1.165, 1.54) is 24.3 Å². The molecule has 0 saturated heterocycles. The fourth-order valence-corrected chi connectivity index (χ4v) is 3.13. The highest BCUT2D eigenvalue weighted by atomic mass is 127. The first-order valence-corrected chi connectivity index (χ1v) is 9.75. The Morgan fingerprint density at radius 1 is 1.14 bits per heavy atom. The zero-order chi connectivity index (χ0) is 20.9. The van der Waals surface area contributed by atoms with Crippen molar-refractivity contribution in [2.45, 2.75) is 24.2 Å². The molecule has 3 N–H and O–H groups in total. The van der Waals surface area contributed by atoms with Crippen molar-refractivity contribution in [1.82, 2.24) is 10.2 Å². The van der Waals surface area contributed by atoms with E-state index in [-0.39, 0.29) is 28.9 Å². The minimum absolute atomic E-state index is 0. The molecule has 0 aliphatic rings. The van der Waals surface area contributed by atoms with Crippen LogP contribution in [0.1, 0.15) is 16.7 Å². The number of rotatable bonds is 5. The number of guanidine groups is 1. The zero-order valence-corrected chi connectivity index (χ0v) is 18.9. The van der Waals surface area contributed by atoms with Crippen molar-refractivity contribution in [2.24, 2.45) is 10.1 Å². The SMILES string of the molecule is CN=C(NCc1cccc(S(N)(=O)=O)c1)N(C)Cc1ccc(C(F)(F)F)cc1.I. The fraction of sp³-hybridized carbons (Fsp3) is 0.278. The third-order valence-corrected chi connectivity index (χ3v) is 4.86. The van der Waals surface area contributed by atoms with E-state index in [1.807, 2.05) is 0 Å². The van der Waals surface area contributed by atoms with Crippen molar-refractivity contribution in [3.63, 3.8) is 0 Å². The van der Waals surface area contributed by atoms with E-state index in [1.54, 1.807) is 31.1 Å². The Bertz CT molecular complexity index is 948. The van der Waals surface area contributed by atoms with Gasteiger partial charge in [-0.1, -0.05) is 24.3 Å². The summed E-state index contributed by atoms with van der Waals surface area (Å²) in [6.45, 7) is 0.641. The molecule has 0 fully saturated rings. The van der Waals surface area contributed by atoms with Crippen LogP contribution in [0.2, 0.25) is 0 Å². The van der Waals surface area contributed by atoms with Gasteiger partial charge in [-0.25, -0.2) is 13.6 Å². The molecule has 2 aromatic carbocycles. The highest BCUT2D eigenvalue weighted by Crippen LogP contribution is 2.29. The van der Waals surface area contributed by atoms with Gasteiger partial charge in [-0.05, 0) is 35.4 Å². The van der Waals surface area contributed by atoms with Gasteiger partial charge in [0.1, 0.15) is 0 Å². The Morgan fingerprint density at radius 3 is 2.28 bits per heavy atom. The zero-order valence-electron chi connectivity index (χ0n) is 15.8. The third kappa shape index (κ3) is 7.48. The highest BCUT2D eigenvalue weighted by molar-refractivity contribution is 14.0. The van der Waals surface area contributed by atoms with Crippen LogP contribution in [0.3, 0.4) is 0 Å². The van der Waals surface area contributed by atoms with Crippen LogP contribution >= 0.6 is 24.0 Å². The van der Waals surface area contributed by atoms with Crippen LogP contribution in [0.25, 0.3) is 0 Å². The number of hydrogen-bond acceptors (Lipinski definition) is 3. The number of aliphatic imine (C=N–C) groups is 1. The van der Waals surface area contributed by atoms with Crippen LogP contribution in [-0.4, -0.2) is 33.4 Å². The quantitative estimate of drug-likeness (QED) is 0.345. The van der Waals surface area contributed by atoms with E-state index < -0.39 is 21.8 Å². The van der Waals surface area contributed by atoms with Crippen molar-refractivity contribution >= 4 is 40.0 Å². The summed E-state index contributed by atoms with van der Waals surface area (Å²) in [6.07, 6.45) is -4.37. The number of nitrogens with zero attached hydrogens (tertiary/aromatic N) is 2. The average Bonchev–Trinajstić information content (AvgIpc) is 2.61. The van der Waals surface area contributed by atoms with Crippen molar-refractivity contribution < 1.29 is 21.6 Å². The van der Waals surface area contributed by atoms with Gasteiger partial charge < -0.3 is 10.2 Å². The maximum atomic E-state index is 12.6. The first kappa shape index (κ1) is 25.2. The molecule has 160 valence electrons. The van der Waals surface area contributed by atoms with Crippen LogP contribution in [0.15, 0.2) is 58.4 Å². The number of halogens is 4. The Morgan fingerprint density at radius 2 is 1.76 bits per heavy atom. The second kappa shape index (κ2) is 10.3. The molecule has 0 amide bonds. The van der Waals surface area contributed by atoms with Crippen LogP contribution < -0.4 is 10.5 Å². The number of nitrogens with one attached hydrogen (secondary N) is 1. The summed E-state index contributed by atoms with van der Waals surface area (Å²) in [6, 6.07) is 11.1. The Hall–Kier alpha value is -1.86.